The highest BCUT2D eigenvalue weighted by Crippen LogP contribution is 2.34. The zero-order chi connectivity index (χ0) is 20.5. The number of methoxy groups -OCH3 is 1. The molecule has 0 atom stereocenters. The predicted octanol–water partition coefficient (Wildman–Crippen LogP) is 4.43. The van der Waals surface area contributed by atoms with E-state index in [1.807, 2.05) is 24.3 Å². The topological polar surface area (TPSA) is 51.7 Å². The van der Waals surface area contributed by atoms with Crippen molar-refractivity contribution in [3.8, 4) is 5.75 Å². The predicted molar refractivity (Wildman–Crippen MR) is 106 cm³/mol. The number of anilines is 1. The van der Waals surface area contributed by atoms with Crippen LogP contribution in [0.1, 0.15) is 21.6 Å². The highest BCUT2D eigenvalue weighted by molar-refractivity contribution is 7.99. The first-order valence-corrected chi connectivity index (χ1v) is 9.49. The lowest BCUT2D eigenvalue weighted by atomic mass is 10.2. The van der Waals surface area contributed by atoms with Crippen molar-refractivity contribution in [2.45, 2.75) is 24.8 Å². The Morgan fingerprint density at radius 1 is 1.35 bits per heavy atom. The molecule has 0 unspecified atom stereocenters. The van der Waals surface area contributed by atoms with E-state index in [0.717, 1.165) is 16.2 Å². The molecule has 2 rings (SSSR count). The van der Waals surface area contributed by atoms with Gasteiger partial charge in [0.15, 0.2) is 0 Å². The minimum atomic E-state index is -1.29. The maximum absolute atomic E-state index is 11.5. The average molecular weight is 397 g/mol. The minimum Gasteiger partial charge on any atom is -0.497 e. The fourth-order valence-electron chi connectivity index (χ4n) is 2.21. The van der Waals surface area contributed by atoms with E-state index in [-0.39, 0.29) is 12.4 Å². The molecule has 0 N–H and O–H groups in total. The first-order chi connectivity index (χ1) is 13.5. The summed E-state index contributed by atoms with van der Waals surface area (Å²) in [6.45, 7) is 1.16. The van der Waals surface area contributed by atoms with Gasteiger partial charge in [-0.1, -0.05) is 23.7 Å². The average Bonchev–Trinajstić information content (AvgIpc) is 2.68. The second-order valence-electron chi connectivity index (χ2n) is 5.33. The summed E-state index contributed by atoms with van der Waals surface area (Å²) in [6, 6.07) is 9.16. The highest BCUT2D eigenvalue weighted by Gasteiger charge is 2.13. The molecule has 0 bridgehead atoms. The molecule has 7 heteroatoms. The molecule has 0 spiro atoms. The molecule has 0 saturated heterocycles. The monoisotopic (exact) mass is 396 g/mol. The number of hydrogen-bond donors (Lipinski definition) is 0. The second-order valence-corrected chi connectivity index (χ2v) is 6.84. The van der Waals surface area contributed by atoms with Crippen molar-refractivity contribution in [1.29, 1.82) is 0 Å². The van der Waals surface area contributed by atoms with Crippen molar-refractivity contribution in [3.05, 3.63) is 47.1 Å². The van der Waals surface area contributed by atoms with E-state index in [0.29, 0.717) is 29.7 Å². The number of hydrogen-bond acceptors (Lipinski definition) is 6. The van der Waals surface area contributed by atoms with Gasteiger partial charge in [0.05, 0.1) is 25.2 Å². The summed E-state index contributed by atoms with van der Waals surface area (Å²) < 4.78 is 25.9. The van der Waals surface area contributed by atoms with Crippen molar-refractivity contribution in [3.63, 3.8) is 0 Å². The van der Waals surface area contributed by atoms with Crippen LogP contribution in [0.5, 0.6) is 5.75 Å². The number of rotatable bonds is 9. The van der Waals surface area contributed by atoms with Gasteiger partial charge >= 0.3 is 5.97 Å². The second kappa shape index (κ2) is 10.3. The number of ether oxygens (including phenoxy) is 2. The van der Waals surface area contributed by atoms with Gasteiger partial charge in [-0.25, -0.2) is 4.98 Å². The van der Waals surface area contributed by atoms with E-state index in [2.05, 4.69) is 4.98 Å². The smallest absolute Gasteiger partial charge is 0.306 e. The van der Waals surface area contributed by atoms with E-state index in [4.69, 9.17) is 23.8 Å². The van der Waals surface area contributed by atoms with Crippen LogP contribution in [-0.4, -0.2) is 37.4 Å². The quantitative estimate of drug-likeness (QED) is 0.461. The number of carbonyl (C=O) groups excluding carboxylic acids is 1. The lowest BCUT2D eigenvalue weighted by Gasteiger charge is -2.20. The number of carbonyl (C=O) groups is 1. The van der Waals surface area contributed by atoms with Crippen LogP contribution in [-0.2, 0) is 16.1 Å². The Morgan fingerprint density at radius 2 is 2.12 bits per heavy atom. The molecular weight excluding hydrogens is 372 g/mol. The number of thioether (sulfide) groups is 1. The maximum atomic E-state index is 11.5. The molecule has 5 nitrogen and oxygen atoms in total. The van der Waals surface area contributed by atoms with Crippen LogP contribution in [0, 0.1) is 0 Å². The number of nitrogens with zero attached hydrogens (tertiary/aromatic N) is 2. The molecule has 1 aromatic heterocycles. The summed E-state index contributed by atoms with van der Waals surface area (Å²) in [5.41, 5.74) is 0.906. The first kappa shape index (κ1) is 17.5. The Hall–Kier alpha value is -1.92. The largest absolute Gasteiger partial charge is 0.497 e. The van der Waals surface area contributed by atoms with Gasteiger partial charge in [0.1, 0.15) is 11.6 Å². The molecule has 2 aromatic rings. The standard InChI is InChI=1S/C19H23ClN2O3S/c1-4-25-17(23)10-12-26-16-9-11-21-19(18(16)20)22(2)13-14-5-7-15(24-3)8-6-14/h5-9,11H,4,10,12-13H2,1-3H3/i2D2. The van der Waals surface area contributed by atoms with Gasteiger partial charge in [-0.2, -0.15) is 0 Å². The lowest BCUT2D eigenvalue weighted by molar-refractivity contribution is -0.142. The Labute approximate surface area is 166 Å². The molecule has 140 valence electrons. The molecule has 0 aliphatic heterocycles. The molecule has 0 fully saturated rings. The van der Waals surface area contributed by atoms with Crippen molar-refractivity contribution >= 4 is 35.1 Å². The first-order valence-electron chi connectivity index (χ1n) is 9.28. The Kier molecular flexibility index (Phi) is 6.92. The minimum absolute atomic E-state index is 0.251. The zero-order valence-corrected chi connectivity index (χ0v) is 16.3. The molecule has 0 amide bonds. The van der Waals surface area contributed by atoms with Crippen LogP contribution >= 0.6 is 23.4 Å². The fraction of sp³-hybridized carbons (Fsp3) is 0.368. The zero-order valence-electron chi connectivity index (χ0n) is 16.8. The van der Waals surface area contributed by atoms with Crippen LogP contribution in [0.25, 0.3) is 0 Å². The van der Waals surface area contributed by atoms with Crippen LogP contribution in [0.3, 0.4) is 0 Å². The van der Waals surface area contributed by atoms with Gasteiger partial charge in [0.2, 0.25) is 0 Å². The summed E-state index contributed by atoms with van der Waals surface area (Å²) in [7, 11) is 1.60. The van der Waals surface area contributed by atoms with E-state index < -0.39 is 7.00 Å². The molecule has 0 aliphatic rings. The van der Waals surface area contributed by atoms with Crippen molar-refractivity contribution in [2.24, 2.45) is 0 Å². The normalized spacial score (nSPS) is 11.7. The number of esters is 1. The van der Waals surface area contributed by atoms with Gasteiger partial charge in [0.25, 0.3) is 0 Å². The molecule has 26 heavy (non-hydrogen) atoms. The molecule has 1 heterocycles. The van der Waals surface area contributed by atoms with E-state index in [1.54, 1.807) is 26.3 Å². The summed E-state index contributed by atoms with van der Waals surface area (Å²) in [4.78, 5) is 18.0. The van der Waals surface area contributed by atoms with E-state index >= 15 is 0 Å². The van der Waals surface area contributed by atoms with Crippen LogP contribution in [0.15, 0.2) is 41.4 Å². The summed E-state index contributed by atoms with van der Waals surface area (Å²) in [6.07, 6.45) is 1.87. The number of halogens is 1. The van der Waals surface area contributed by atoms with Gasteiger partial charge in [-0.05, 0) is 30.7 Å². The third-order valence-electron chi connectivity index (χ3n) is 3.49. The SMILES string of the molecule is [2H]C([2H])N(Cc1ccc(OC)cc1)c1nccc(SCCC(=O)OCC)c1Cl. The van der Waals surface area contributed by atoms with Crippen LogP contribution < -0.4 is 9.64 Å². The van der Waals surface area contributed by atoms with Gasteiger partial charge in [-0.3, -0.25) is 4.79 Å². The van der Waals surface area contributed by atoms with Gasteiger partial charge in [0, 0.05) is 33.1 Å². The number of aromatic nitrogens is 1. The summed E-state index contributed by atoms with van der Waals surface area (Å²) in [5.74, 6) is 1.37. The van der Waals surface area contributed by atoms with Crippen molar-refractivity contribution in [1.82, 2.24) is 4.98 Å². The number of benzene rings is 1. The Bertz CT molecular complexity index is 778. The summed E-state index contributed by atoms with van der Waals surface area (Å²) >= 11 is 7.93. The fourth-order valence-corrected chi connectivity index (χ4v) is 3.46. The number of pyridine rings is 1. The highest BCUT2D eigenvalue weighted by atomic mass is 35.5. The third kappa shape index (κ3) is 5.81. The van der Waals surface area contributed by atoms with Gasteiger partial charge in [-0.15, -0.1) is 11.8 Å². The summed E-state index contributed by atoms with van der Waals surface area (Å²) in [5, 5.41) is 0.370. The molecule has 0 saturated carbocycles. The Morgan fingerprint density at radius 3 is 2.77 bits per heavy atom. The molecule has 0 aliphatic carbocycles. The molecular formula is C19H23ClN2O3S. The van der Waals surface area contributed by atoms with Crippen LogP contribution in [0.4, 0.5) is 5.82 Å². The lowest BCUT2D eigenvalue weighted by Crippen LogP contribution is -2.18. The van der Waals surface area contributed by atoms with E-state index in [9.17, 15) is 4.79 Å². The van der Waals surface area contributed by atoms with Crippen molar-refractivity contribution in [2.75, 3.05) is 31.4 Å². The molecule has 0 radical (unpaired) electrons. The maximum Gasteiger partial charge on any atom is 0.306 e. The Balaban J connectivity index is 2.14. The van der Waals surface area contributed by atoms with Crippen molar-refractivity contribution < 1.29 is 17.0 Å². The van der Waals surface area contributed by atoms with Gasteiger partial charge < -0.3 is 14.4 Å². The molecule has 1 aromatic carbocycles. The third-order valence-corrected chi connectivity index (χ3v) is 5.03. The van der Waals surface area contributed by atoms with Crippen LogP contribution in [0.2, 0.25) is 5.02 Å². The van der Waals surface area contributed by atoms with E-state index in [1.165, 1.54) is 16.7 Å².